The zero-order chi connectivity index (χ0) is 19.5. The molecule has 146 valence electrons. The lowest BCUT2D eigenvalue weighted by molar-refractivity contribution is 0.181. The second-order valence-electron chi connectivity index (χ2n) is 6.95. The van der Waals surface area contributed by atoms with Gasteiger partial charge in [-0.05, 0) is 50.3 Å². The van der Waals surface area contributed by atoms with Crippen LogP contribution in [0, 0.1) is 6.92 Å². The Hall–Kier alpha value is -3.16. The number of carbonyl (C=O) groups is 2. The number of nitrogens with zero attached hydrogens (tertiary/aromatic N) is 3. The Morgan fingerprint density at radius 1 is 1.21 bits per heavy atom. The largest absolute Gasteiger partial charge is 0.447 e. The van der Waals surface area contributed by atoms with Crippen LogP contribution in [0.5, 0.6) is 0 Å². The van der Waals surface area contributed by atoms with Crippen molar-refractivity contribution < 1.29 is 14.3 Å². The first-order valence-corrected chi connectivity index (χ1v) is 9.55. The lowest BCUT2D eigenvalue weighted by Crippen LogP contribution is -2.31. The molecule has 2 N–H and O–H groups in total. The van der Waals surface area contributed by atoms with Crippen molar-refractivity contribution in [3.05, 3.63) is 47.0 Å². The highest BCUT2D eigenvalue weighted by Crippen LogP contribution is 2.28. The number of aryl methyl sites for hydroxylation is 2. The van der Waals surface area contributed by atoms with Crippen LogP contribution in [0.4, 0.5) is 21.0 Å². The van der Waals surface area contributed by atoms with Crippen LogP contribution in [-0.2, 0) is 24.1 Å². The number of ether oxygens (including phenoxy) is 1. The lowest BCUT2D eigenvalue weighted by atomic mass is 9.95. The second kappa shape index (κ2) is 7.84. The summed E-state index contributed by atoms with van der Waals surface area (Å²) in [6.45, 7) is 3.05. The lowest BCUT2D eigenvalue weighted by Gasteiger charge is -2.19. The first-order valence-electron chi connectivity index (χ1n) is 9.55. The molecule has 2 aliphatic rings. The summed E-state index contributed by atoms with van der Waals surface area (Å²) in [6.07, 6.45) is 3.92. The summed E-state index contributed by atoms with van der Waals surface area (Å²) in [6, 6.07) is 6.77. The fourth-order valence-electron chi connectivity index (χ4n) is 3.68. The first-order chi connectivity index (χ1) is 13.6. The van der Waals surface area contributed by atoms with E-state index in [0.717, 1.165) is 30.7 Å². The molecular formula is C20H23N5O3. The molecule has 1 aliphatic carbocycles. The Labute approximate surface area is 163 Å². The predicted molar refractivity (Wildman–Crippen MR) is 104 cm³/mol. The van der Waals surface area contributed by atoms with Crippen LogP contribution in [-0.4, -0.2) is 35.2 Å². The van der Waals surface area contributed by atoms with Crippen molar-refractivity contribution in [2.45, 2.75) is 39.2 Å². The van der Waals surface area contributed by atoms with Crippen LogP contribution in [0.3, 0.4) is 0 Å². The smallest absolute Gasteiger partial charge is 0.414 e. The van der Waals surface area contributed by atoms with Crippen LogP contribution in [0.2, 0.25) is 0 Å². The van der Waals surface area contributed by atoms with E-state index >= 15 is 0 Å². The number of hydrogen-bond acceptors (Lipinski definition) is 5. The minimum atomic E-state index is -0.410. The highest BCUT2D eigenvalue weighted by Gasteiger charge is 2.26. The molecule has 28 heavy (non-hydrogen) atoms. The van der Waals surface area contributed by atoms with Gasteiger partial charge >= 0.3 is 12.1 Å². The number of nitrogens with one attached hydrogen (secondary N) is 2. The maximum atomic E-state index is 12.4. The van der Waals surface area contributed by atoms with Gasteiger partial charge in [-0.15, -0.1) is 0 Å². The van der Waals surface area contributed by atoms with E-state index in [9.17, 15) is 9.59 Å². The van der Waals surface area contributed by atoms with E-state index < -0.39 is 6.09 Å². The molecule has 1 aromatic heterocycles. The van der Waals surface area contributed by atoms with Crippen LogP contribution < -0.4 is 15.5 Å². The SMILES string of the molecule is Cc1nc(CNC(=O)Nc2ccccc2N2CCOC2=O)nc2c1CCCC2. The zero-order valence-corrected chi connectivity index (χ0v) is 15.8. The molecule has 4 rings (SSSR count). The summed E-state index contributed by atoms with van der Waals surface area (Å²) in [7, 11) is 0. The molecule has 0 unspecified atom stereocenters. The van der Waals surface area contributed by atoms with E-state index in [4.69, 9.17) is 4.74 Å². The molecule has 0 radical (unpaired) electrons. The Bertz CT molecular complexity index is 915. The molecule has 8 nitrogen and oxygen atoms in total. The second-order valence-corrected chi connectivity index (χ2v) is 6.95. The minimum Gasteiger partial charge on any atom is -0.447 e. The molecule has 2 aromatic rings. The summed E-state index contributed by atoms with van der Waals surface area (Å²) in [4.78, 5) is 34.9. The maximum absolute atomic E-state index is 12.4. The fourth-order valence-corrected chi connectivity index (χ4v) is 3.68. The van der Waals surface area contributed by atoms with Gasteiger partial charge in [-0.2, -0.15) is 0 Å². The number of amides is 3. The van der Waals surface area contributed by atoms with Gasteiger partial charge in [0, 0.05) is 11.4 Å². The van der Waals surface area contributed by atoms with Crippen LogP contribution in [0.1, 0.15) is 35.6 Å². The third kappa shape index (κ3) is 3.76. The van der Waals surface area contributed by atoms with Crippen molar-refractivity contribution in [1.82, 2.24) is 15.3 Å². The first kappa shape index (κ1) is 18.2. The monoisotopic (exact) mass is 381 g/mol. The third-order valence-electron chi connectivity index (χ3n) is 5.05. The average molecular weight is 381 g/mol. The van der Waals surface area contributed by atoms with Crippen molar-refractivity contribution in [3.63, 3.8) is 0 Å². The van der Waals surface area contributed by atoms with Gasteiger partial charge in [0.25, 0.3) is 0 Å². The Balaban J connectivity index is 1.42. The number of hydrogen-bond donors (Lipinski definition) is 2. The molecule has 1 saturated heterocycles. The van der Waals surface area contributed by atoms with Gasteiger partial charge in [0.05, 0.1) is 24.5 Å². The van der Waals surface area contributed by atoms with Crippen molar-refractivity contribution in [1.29, 1.82) is 0 Å². The van der Waals surface area contributed by atoms with E-state index in [1.54, 1.807) is 18.2 Å². The number of aromatic nitrogens is 2. The zero-order valence-electron chi connectivity index (χ0n) is 15.8. The highest BCUT2D eigenvalue weighted by atomic mass is 16.6. The van der Waals surface area contributed by atoms with Crippen molar-refractivity contribution in [2.75, 3.05) is 23.4 Å². The summed E-state index contributed by atoms with van der Waals surface area (Å²) >= 11 is 0. The number of carbonyl (C=O) groups excluding carboxylic acids is 2. The maximum Gasteiger partial charge on any atom is 0.414 e. The van der Waals surface area contributed by atoms with E-state index in [2.05, 4.69) is 20.6 Å². The molecular weight excluding hydrogens is 358 g/mol. The molecule has 1 fully saturated rings. The predicted octanol–water partition coefficient (Wildman–Crippen LogP) is 2.94. The number of anilines is 2. The fraction of sp³-hybridized carbons (Fsp3) is 0.400. The highest BCUT2D eigenvalue weighted by molar-refractivity contribution is 5.98. The number of fused-ring (bicyclic) bond motifs is 1. The molecule has 1 aromatic carbocycles. The standard InChI is InChI=1S/C20H23N5O3/c1-13-14-6-2-3-7-15(14)23-18(22-13)12-21-19(26)24-16-8-4-5-9-17(16)25-10-11-28-20(25)27/h4-5,8-9H,2-3,6-7,10-12H2,1H3,(H2,21,24,26). The van der Waals surface area contributed by atoms with Gasteiger partial charge in [0.15, 0.2) is 0 Å². The summed E-state index contributed by atoms with van der Waals surface area (Å²) in [5.41, 5.74) is 4.52. The van der Waals surface area contributed by atoms with Crippen molar-refractivity contribution in [3.8, 4) is 0 Å². The van der Waals surface area contributed by atoms with Gasteiger partial charge < -0.3 is 15.4 Å². The topological polar surface area (TPSA) is 96.5 Å². The van der Waals surface area contributed by atoms with Gasteiger partial charge in [0.1, 0.15) is 12.4 Å². The van der Waals surface area contributed by atoms with Gasteiger partial charge in [-0.25, -0.2) is 19.6 Å². The third-order valence-corrected chi connectivity index (χ3v) is 5.05. The van der Waals surface area contributed by atoms with Gasteiger partial charge in [-0.1, -0.05) is 12.1 Å². The molecule has 0 atom stereocenters. The molecule has 3 amide bonds. The Morgan fingerprint density at radius 2 is 2.04 bits per heavy atom. The summed E-state index contributed by atoms with van der Waals surface area (Å²) in [5.74, 6) is 0.615. The molecule has 0 bridgehead atoms. The quantitative estimate of drug-likeness (QED) is 0.849. The molecule has 1 aliphatic heterocycles. The van der Waals surface area contributed by atoms with Crippen molar-refractivity contribution in [2.24, 2.45) is 0 Å². The van der Waals surface area contributed by atoms with Gasteiger partial charge in [0.2, 0.25) is 0 Å². The van der Waals surface area contributed by atoms with Crippen molar-refractivity contribution >= 4 is 23.5 Å². The Morgan fingerprint density at radius 3 is 2.86 bits per heavy atom. The van der Waals surface area contributed by atoms with E-state index in [1.807, 2.05) is 13.0 Å². The van der Waals surface area contributed by atoms with E-state index in [-0.39, 0.29) is 12.6 Å². The molecule has 8 heteroatoms. The van der Waals surface area contributed by atoms with Crippen LogP contribution in [0.15, 0.2) is 24.3 Å². The number of urea groups is 1. The Kier molecular flexibility index (Phi) is 5.10. The summed E-state index contributed by atoms with van der Waals surface area (Å²) in [5, 5.41) is 5.60. The average Bonchev–Trinajstić information content (AvgIpc) is 3.13. The number of para-hydroxylation sites is 2. The van der Waals surface area contributed by atoms with Gasteiger partial charge in [-0.3, -0.25) is 4.90 Å². The molecule has 2 heterocycles. The molecule has 0 saturated carbocycles. The van der Waals surface area contributed by atoms with Crippen LogP contribution in [0.25, 0.3) is 0 Å². The number of rotatable bonds is 4. The van der Waals surface area contributed by atoms with E-state index in [1.165, 1.54) is 16.9 Å². The van der Waals surface area contributed by atoms with E-state index in [0.29, 0.717) is 30.4 Å². The van der Waals surface area contributed by atoms with Crippen LogP contribution >= 0.6 is 0 Å². The number of cyclic esters (lactones) is 1. The minimum absolute atomic E-state index is 0.244. The number of benzene rings is 1. The molecule has 0 spiro atoms. The normalized spacial score (nSPS) is 15.8. The summed E-state index contributed by atoms with van der Waals surface area (Å²) < 4.78 is 4.98.